The summed E-state index contributed by atoms with van der Waals surface area (Å²) < 4.78 is 12.0. The van der Waals surface area contributed by atoms with Crippen molar-refractivity contribution in [1.29, 1.82) is 0 Å². The Bertz CT molecular complexity index is 4310. The molecule has 73 heavy (non-hydrogen) atoms. The number of oxazole rings is 2. The number of hydrogen-bond donors (Lipinski definition) is 0. The van der Waals surface area contributed by atoms with Crippen LogP contribution in [0.3, 0.4) is 0 Å². The van der Waals surface area contributed by atoms with E-state index in [1.54, 1.807) is 0 Å². The van der Waals surface area contributed by atoms with E-state index in [0.717, 1.165) is 33.3 Å². The molecule has 0 unspecified atom stereocenters. The smallest absolute Gasteiger partial charge is 0.227 e. The molecule has 0 spiro atoms. The van der Waals surface area contributed by atoms with Crippen LogP contribution in [0, 0.1) is 20.8 Å². The first-order valence-electron chi connectivity index (χ1n) is 24.9. The van der Waals surface area contributed by atoms with E-state index in [1.807, 2.05) is 48.5 Å². The third-order valence-electron chi connectivity index (χ3n) is 14.4. The highest BCUT2D eigenvalue weighted by Gasteiger charge is 2.20. The third-order valence-corrected chi connectivity index (χ3v) is 14.4. The van der Waals surface area contributed by atoms with Crippen molar-refractivity contribution in [2.24, 2.45) is 0 Å². The second-order valence-electron chi connectivity index (χ2n) is 18.9. The number of nitrogens with zero attached hydrogens (tertiary/aromatic N) is 2. The van der Waals surface area contributed by atoms with Gasteiger partial charge < -0.3 is 8.83 Å². The summed E-state index contributed by atoms with van der Waals surface area (Å²) in [5.74, 6) is 1.29. The fourth-order valence-corrected chi connectivity index (χ4v) is 10.8. The molecule has 12 aromatic carbocycles. The summed E-state index contributed by atoms with van der Waals surface area (Å²) in [6.45, 7) is 6.61. The van der Waals surface area contributed by atoms with Gasteiger partial charge in [-0.05, 0) is 174 Å². The fourth-order valence-electron chi connectivity index (χ4n) is 10.8. The molecule has 0 N–H and O–H groups in total. The van der Waals surface area contributed by atoms with Gasteiger partial charge in [-0.3, -0.25) is 0 Å². The van der Waals surface area contributed by atoms with E-state index in [0.29, 0.717) is 11.8 Å². The van der Waals surface area contributed by atoms with E-state index in [4.69, 9.17) is 8.83 Å². The molecule has 0 radical (unpaired) electrons. The average molecular weight is 937 g/mol. The monoisotopic (exact) mass is 936 g/mol. The van der Waals surface area contributed by atoms with Crippen LogP contribution < -0.4 is 0 Å². The van der Waals surface area contributed by atoms with Gasteiger partial charge in [0.05, 0.1) is 0 Å². The standard InChI is InChI=1S/C35H25NO.C34H23NO/c1-22-20-29-30(21-23(22)2)34(28-13-7-6-12-27(28)33(29)24-10-4-3-5-11-24)25-16-18-26(19-17-25)35-36-31-14-8-9-15-32(31)37-35;1-22-10-9-15-28-31(22)33(23-11-3-2-4-12-23)27-14-6-5-13-26(27)32(28)24-18-20-25(21-19-24)34-35-29-16-7-8-17-30(29)36-34/h3-21H,1-2H3;2-21H,1H3. The largest absolute Gasteiger partial charge is 0.436 e. The van der Waals surface area contributed by atoms with Crippen LogP contribution in [0.15, 0.2) is 245 Å². The van der Waals surface area contributed by atoms with Crippen molar-refractivity contribution in [3.8, 4) is 67.4 Å². The average Bonchev–Trinajstić information content (AvgIpc) is 4.09. The van der Waals surface area contributed by atoms with Gasteiger partial charge in [-0.15, -0.1) is 0 Å². The molecule has 2 heterocycles. The first-order chi connectivity index (χ1) is 35.9. The van der Waals surface area contributed by atoms with Crippen LogP contribution in [-0.4, -0.2) is 9.97 Å². The molecule has 0 aliphatic heterocycles. The topological polar surface area (TPSA) is 52.1 Å². The molecule has 0 atom stereocenters. The summed E-state index contributed by atoms with van der Waals surface area (Å²) in [5.41, 5.74) is 19.1. The predicted molar refractivity (Wildman–Crippen MR) is 305 cm³/mol. The highest BCUT2D eigenvalue weighted by molar-refractivity contribution is 6.23. The summed E-state index contributed by atoms with van der Waals surface area (Å²) in [6.07, 6.45) is 0. The highest BCUT2D eigenvalue weighted by Crippen LogP contribution is 2.47. The molecular formula is C69H48N2O2. The van der Waals surface area contributed by atoms with Crippen LogP contribution >= 0.6 is 0 Å². The molecule has 346 valence electrons. The summed E-state index contributed by atoms with van der Waals surface area (Å²) in [5, 5.41) is 10.2. The normalized spacial score (nSPS) is 11.5. The molecule has 0 aliphatic carbocycles. The van der Waals surface area contributed by atoms with Crippen LogP contribution in [0.2, 0.25) is 0 Å². The Kier molecular flexibility index (Phi) is 10.8. The van der Waals surface area contributed by atoms with Crippen LogP contribution in [0.5, 0.6) is 0 Å². The Morgan fingerprint density at radius 2 is 0.603 bits per heavy atom. The molecule has 0 saturated heterocycles. The van der Waals surface area contributed by atoms with Gasteiger partial charge in [0.25, 0.3) is 0 Å². The second kappa shape index (κ2) is 18.1. The molecule has 4 nitrogen and oxygen atoms in total. The van der Waals surface area contributed by atoms with Gasteiger partial charge in [0.1, 0.15) is 11.0 Å². The lowest BCUT2D eigenvalue weighted by molar-refractivity contribution is 0.619. The van der Waals surface area contributed by atoms with Crippen LogP contribution in [0.25, 0.3) is 133 Å². The molecule has 0 fully saturated rings. The molecule has 0 amide bonds. The molecule has 0 saturated carbocycles. The molecular weight excluding hydrogens is 889 g/mol. The van der Waals surface area contributed by atoms with Gasteiger partial charge in [0, 0.05) is 11.1 Å². The van der Waals surface area contributed by atoms with E-state index in [9.17, 15) is 0 Å². The minimum atomic E-state index is 0.646. The van der Waals surface area contributed by atoms with Crippen molar-refractivity contribution in [3.05, 3.63) is 253 Å². The van der Waals surface area contributed by atoms with E-state index in [2.05, 4.69) is 219 Å². The van der Waals surface area contributed by atoms with Gasteiger partial charge in [-0.1, -0.05) is 188 Å². The lowest BCUT2D eigenvalue weighted by Crippen LogP contribution is -1.93. The number of aryl methyl sites for hydroxylation is 3. The Hall–Kier alpha value is -9.38. The fraction of sp³-hybridized carbons (Fsp3) is 0.0435. The summed E-state index contributed by atoms with van der Waals surface area (Å²) >= 11 is 0. The number of para-hydroxylation sites is 4. The molecule has 0 aliphatic rings. The zero-order chi connectivity index (χ0) is 49.0. The molecule has 14 aromatic rings. The van der Waals surface area contributed by atoms with Gasteiger partial charge in [-0.25, -0.2) is 9.97 Å². The summed E-state index contributed by atoms with van der Waals surface area (Å²) in [4.78, 5) is 9.36. The Labute approximate surface area is 423 Å². The van der Waals surface area contributed by atoms with Crippen LogP contribution in [0.1, 0.15) is 16.7 Å². The zero-order valence-corrected chi connectivity index (χ0v) is 40.7. The first-order valence-corrected chi connectivity index (χ1v) is 24.9. The van der Waals surface area contributed by atoms with E-state index < -0.39 is 0 Å². The van der Waals surface area contributed by atoms with Gasteiger partial charge in [0.2, 0.25) is 11.8 Å². The number of rotatable bonds is 6. The van der Waals surface area contributed by atoms with Crippen LogP contribution in [-0.2, 0) is 0 Å². The number of fused-ring (bicyclic) bond motifs is 6. The van der Waals surface area contributed by atoms with Gasteiger partial charge >= 0.3 is 0 Å². The minimum Gasteiger partial charge on any atom is -0.436 e. The number of aromatic nitrogens is 2. The Balaban J connectivity index is 0.000000141. The maximum absolute atomic E-state index is 6.02. The number of benzene rings is 12. The molecule has 14 rings (SSSR count). The van der Waals surface area contributed by atoms with E-state index in [1.165, 1.54) is 104 Å². The molecule has 2 aromatic heterocycles. The lowest BCUT2D eigenvalue weighted by atomic mass is 9.84. The summed E-state index contributed by atoms with van der Waals surface area (Å²) in [7, 11) is 0. The molecule has 4 heteroatoms. The zero-order valence-electron chi connectivity index (χ0n) is 40.7. The first kappa shape index (κ1) is 43.6. The van der Waals surface area contributed by atoms with Crippen molar-refractivity contribution >= 4 is 65.3 Å². The van der Waals surface area contributed by atoms with Crippen molar-refractivity contribution in [1.82, 2.24) is 9.97 Å². The van der Waals surface area contributed by atoms with Crippen molar-refractivity contribution < 1.29 is 8.83 Å². The Morgan fingerprint density at radius 3 is 1.05 bits per heavy atom. The van der Waals surface area contributed by atoms with Gasteiger partial charge in [0.15, 0.2) is 11.2 Å². The maximum atomic E-state index is 6.02. The Morgan fingerprint density at radius 1 is 0.260 bits per heavy atom. The minimum absolute atomic E-state index is 0.646. The van der Waals surface area contributed by atoms with Crippen molar-refractivity contribution in [3.63, 3.8) is 0 Å². The van der Waals surface area contributed by atoms with Crippen LogP contribution in [0.4, 0.5) is 0 Å². The quantitative estimate of drug-likeness (QED) is 0.156. The third kappa shape index (κ3) is 7.72. The SMILES string of the molecule is Cc1cc2c(-c3ccccc3)c3ccccc3c(-c3ccc(-c4nc5ccccc5o4)cc3)c2cc1C.Cc1cccc2c(-c3ccc(-c4nc5ccccc5o4)cc3)c3ccccc3c(-c3ccccc3)c12. The van der Waals surface area contributed by atoms with Gasteiger partial charge in [-0.2, -0.15) is 0 Å². The van der Waals surface area contributed by atoms with Crippen molar-refractivity contribution in [2.75, 3.05) is 0 Å². The van der Waals surface area contributed by atoms with E-state index in [-0.39, 0.29) is 0 Å². The van der Waals surface area contributed by atoms with E-state index >= 15 is 0 Å². The molecule has 0 bridgehead atoms. The lowest BCUT2D eigenvalue weighted by Gasteiger charge is -2.19. The highest BCUT2D eigenvalue weighted by atomic mass is 16.4. The predicted octanol–water partition coefficient (Wildman–Crippen LogP) is 19.2. The summed E-state index contributed by atoms with van der Waals surface area (Å²) in [6, 6.07) is 83.4. The second-order valence-corrected chi connectivity index (χ2v) is 18.9. The maximum Gasteiger partial charge on any atom is 0.227 e. The van der Waals surface area contributed by atoms with Crippen molar-refractivity contribution in [2.45, 2.75) is 20.8 Å². The number of hydrogen-bond acceptors (Lipinski definition) is 4.